The molecule has 0 aliphatic heterocycles. The molecule has 172 valence electrons. The molecule has 0 aliphatic carbocycles. The summed E-state index contributed by atoms with van der Waals surface area (Å²) < 4.78 is 27.5. The van der Waals surface area contributed by atoms with Crippen molar-refractivity contribution < 1.29 is 18.7 Å². The molecule has 4 aromatic rings. The van der Waals surface area contributed by atoms with E-state index in [-0.39, 0.29) is 22.8 Å². The normalized spacial score (nSPS) is 10.7. The Morgan fingerprint density at radius 3 is 2.53 bits per heavy atom. The zero-order valence-electron chi connectivity index (χ0n) is 18.2. The number of nitrogens with two attached hydrogens (primary N) is 1. The molecule has 0 aliphatic rings. The molecule has 1 amide bonds. The predicted octanol–water partition coefficient (Wildman–Crippen LogP) is 4.41. The van der Waals surface area contributed by atoms with E-state index in [1.807, 2.05) is 0 Å². The van der Waals surface area contributed by atoms with Gasteiger partial charge in [-0.1, -0.05) is 0 Å². The molecule has 2 aromatic heterocycles. The van der Waals surface area contributed by atoms with Crippen LogP contribution in [0.2, 0.25) is 0 Å². The van der Waals surface area contributed by atoms with Gasteiger partial charge in [-0.2, -0.15) is 0 Å². The molecule has 9 heteroatoms. The van der Waals surface area contributed by atoms with Crippen molar-refractivity contribution in [3.05, 3.63) is 95.8 Å². The van der Waals surface area contributed by atoms with Gasteiger partial charge in [0.1, 0.15) is 23.2 Å². The zero-order valence-corrected chi connectivity index (χ0v) is 18.2. The minimum Gasteiger partial charge on any atom is -0.507 e. The molecule has 0 radical (unpaired) electrons. The van der Waals surface area contributed by atoms with Crippen LogP contribution in [0, 0.1) is 11.6 Å². The Balaban J connectivity index is 1.58. The van der Waals surface area contributed by atoms with Crippen molar-refractivity contribution >= 4 is 23.1 Å². The first-order chi connectivity index (χ1) is 16.3. The SMILES string of the molecule is CN(c1ccc(O)c(-c2ccc(C(=O)NCc3ccncc3)c(N)n2)c1)c1ccc(F)cc1F. The van der Waals surface area contributed by atoms with Crippen LogP contribution in [0.25, 0.3) is 11.3 Å². The molecule has 4 N–H and O–H groups in total. The van der Waals surface area contributed by atoms with Gasteiger partial charge in [0.25, 0.3) is 5.91 Å². The number of carbonyl (C=O) groups is 1. The molecule has 2 aromatic carbocycles. The zero-order chi connectivity index (χ0) is 24.2. The van der Waals surface area contributed by atoms with Crippen molar-refractivity contribution in [2.24, 2.45) is 0 Å². The molecule has 0 spiro atoms. The number of phenols is 1. The number of pyridine rings is 2. The Morgan fingerprint density at radius 1 is 1.06 bits per heavy atom. The Kier molecular flexibility index (Phi) is 6.35. The van der Waals surface area contributed by atoms with Gasteiger partial charge in [0.15, 0.2) is 0 Å². The quantitative estimate of drug-likeness (QED) is 0.393. The van der Waals surface area contributed by atoms with Crippen molar-refractivity contribution in [2.45, 2.75) is 6.54 Å². The van der Waals surface area contributed by atoms with E-state index in [0.29, 0.717) is 23.5 Å². The van der Waals surface area contributed by atoms with Crippen LogP contribution >= 0.6 is 0 Å². The fraction of sp³-hybridized carbons (Fsp3) is 0.0800. The fourth-order valence-corrected chi connectivity index (χ4v) is 3.43. The maximum atomic E-state index is 14.2. The summed E-state index contributed by atoms with van der Waals surface area (Å²) in [5.41, 5.74) is 8.47. The third kappa shape index (κ3) is 4.78. The lowest BCUT2D eigenvalue weighted by Gasteiger charge is -2.21. The van der Waals surface area contributed by atoms with E-state index < -0.39 is 17.5 Å². The lowest BCUT2D eigenvalue weighted by atomic mass is 10.1. The molecule has 0 unspecified atom stereocenters. The monoisotopic (exact) mass is 461 g/mol. The van der Waals surface area contributed by atoms with Gasteiger partial charge in [-0.15, -0.1) is 0 Å². The number of amides is 1. The maximum absolute atomic E-state index is 14.2. The van der Waals surface area contributed by atoms with Gasteiger partial charge in [0.2, 0.25) is 0 Å². The van der Waals surface area contributed by atoms with Gasteiger partial charge in [-0.05, 0) is 60.2 Å². The Hall–Kier alpha value is -4.53. The number of phenolic OH excluding ortho intramolecular Hbond substituents is 1. The highest BCUT2D eigenvalue weighted by Gasteiger charge is 2.16. The maximum Gasteiger partial charge on any atom is 0.255 e. The lowest BCUT2D eigenvalue weighted by molar-refractivity contribution is 0.0951. The second-order valence-corrected chi connectivity index (χ2v) is 7.52. The molecule has 0 atom stereocenters. The van der Waals surface area contributed by atoms with Crippen LogP contribution in [0.1, 0.15) is 15.9 Å². The molecular weight excluding hydrogens is 440 g/mol. The summed E-state index contributed by atoms with van der Waals surface area (Å²) in [5, 5.41) is 13.2. The molecule has 0 saturated carbocycles. The highest BCUT2D eigenvalue weighted by atomic mass is 19.1. The van der Waals surface area contributed by atoms with Crippen LogP contribution in [0.3, 0.4) is 0 Å². The second kappa shape index (κ2) is 9.53. The van der Waals surface area contributed by atoms with Gasteiger partial charge < -0.3 is 21.1 Å². The molecule has 2 heterocycles. The first kappa shape index (κ1) is 22.7. The van der Waals surface area contributed by atoms with E-state index in [9.17, 15) is 18.7 Å². The van der Waals surface area contributed by atoms with Crippen LogP contribution in [0.4, 0.5) is 26.0 Å². The number of aromatic hydroxyl groups is 1. The largest absolute Gasteiger partial charge is 0.507 e. The summed E-state index contributed by atoms with van der Waals surface area (Å²) >= 11 is 0. The summed E-state index contributed by atoms with van der Waals surface area (Å²) in [5.74, 6) is -1.86. The van der Waals surface area contributed by atoms with E-state index in [1.165, 1.54) is 23.1 Å². The summed E-state index contributed by atoms with van der Waals surface area (Å²) in [6.07, 6.45) is 3.27. The van der Waals surface area contributed by atoms with Gasteiger partial charge >= 0.3 is 0 Å². The topological polar surface area (TPSA) is 104 Å². The number of aromatic nitrogens is 2. The van der Waals surface area contributed by atoms with Crippen molar-refractivity contribution in [1.29, 1.82) is 0 Å². The minimum atomic E-state index is -0.721. The van der Waals surface area contributed by atoms with Gasteiger partial charge in [0.05, 0.1) is 16.9 Å². The molecule has 0 bridgehead atoms. The van der Waals surface area contributed by atoms with E-state index in [1.54, 1.807) is 49.8 Å². The number of halogens is 2. The molecule has 4 rings (SSSR count). The minimum absolute atomic E-state index is 0.00698. The van der Waals surface area contributed by atoms with Crippen molar-refractivity contribution in [1.82, 2.24) is 15.3 Å². The average Bonchev–Trinajstić information content (AvgIpc) is 2.83. The summed E-state index contributed by atoms with van der Waals surface area (Å²) in [6.45, 7) is 0.303. The number of hydrogen-bond acceptors (Lipinski definition) is 6. The highest BCUT2D eigenvalue weighted by Crippen LogP contribution is 2.35. The van der Waals surface area contributed by atoms with Crippen LogP contribution in [0.5, 0.6) is 5.75 Å². The van der Waals surface area contributed by atoms with Crippen LogP contribution in [-0.2, 0) is 6.54 Å². The van der Waals surface area contributed by atoms with Gasteiger partial charge in [-0.3, -0.25) is 9.78 Å². The van der Waals surface area contributed by atoms with Crippen molar-refractivity contribution in [3.8, 4) is 17.0 Å². The molecule has 0 saturated heterocycles. The second-order valence-electron chi connectivity index (χ2n) is 7.52. The lowest BCUT2D eigenvalue weighted by Crippen LogP contribution is -2.24. The number of benzene rings is 2. The third-order valence-corrected chi connectivity index (χ3v) is 5.29. The van der Waals surface area contributed by atoms with Crippen LogP contribution < -0.4 is 16.0 Å². The summed E-state index contributed by atoms with van der Waals surface area (Å²) in [4.78, 5) is 22.3. The van der Waals surface area contributed by atoms with Crippen LogP contribution in [-0.4, -0.2) is 28.0 Å². The standard InChI is InChI=1S/C25H21F2N5O2/c1-32(22-6-2-16(26)12-20(22)27)17-3-7-23(33)19(13-17)21-5-4-18(24(28)31-21)25(34)30-14-15-8-10-29-11-9-15/h2-13,33H,14H2,1H3,(H2,28,31)(H,30,34). The van der Waals surface area contributed by atoms with E-state index in [2.05, 4.69) is 15.3 Å². The number of nitrogens with one attached hydrogen (secondary N) is 1. The number of rotatable bonds is 6. The predicted molar refractivity (Wildman–Crippen MR) is 126 cm³/mol. The smallest absolute Gasteiger partial charge is 0.255 e. The molecule has 0 fully saturated rings. The highest BCUT2D eigenvalue weighted by molar-refractivity contribution is 5.98. The summed E-state index contributed by atoms with van der Waals surface area (Å²) in [6, 6.07) is 14.6. The van der Waals surface area contributed by atoms with E-state index in [4.69, 9.17) is 5.73 Å². The third-order valence-electron chi connectivity index (χ3n) is 5.29. The van der Waals surface area contributed by atoms with E-state index in [0.717, 1.165) is 17.7 Å². The first-order valence-electron chi connectivity index (χ1n) is 10.3. The summed E-state index contributed by atoms with van der Waals surface area (Å²) in [7, 11) is 1.62. The van der Waals surface area contributed by atoms with Gasteiger partial charge in [-0.25, -0.2) is 13.8 Å². The Bertz CT molecular complexity index is 1350. The fourth-order valence-electron chi connectivity index (χ4n) is 3.43. The number of hydrogen-bond donors (Lipinski definition) is 3. The molecular formula is C25H21F2N5O2. The van der Waals surface area contributed by atoms with Crippen LogP contribution in [0.15, 0.2) is 73.1 Å². The molecule has 7 nitrogen and oxygen atoms in total. The first-order valence-corrected chi connectivity index (χ1v) is 10.3. The van der Waals surface area contributed by atoms with Crippen molar-refractivity contribution in [3.63, 3.8) is 0 Å². The number of carbonyl (C=O) groups excluding carboxylic acids is 1. The number of nitrogens with zero attached hydrogens (tertiary/aromatic N) is 3. The Labute approximate surface area is 194 Å². The Morgan fingerprint density at radius 2 is 1.82 bits per heavy atom. The van der Waals surface area contributed by atoms with Crippen molar-refractivity contribution in [2.75, 3.05) is 17.7 Å². The average molecular weight is 461 g/mol. The number of anilines is 3. The van der Waals surface area contributed by atoms with Gasteiger partial charge in [0, 0.05) is 43.3 Å². The number of nitrogen functional groups attached to an aromatic ring is 1. The van der Waals surface area contributed by atoms with E-state index >= 15 is 0 Å². The molecule has 34 heavy (non-hydrogen) atoms.